The molecule has 1 aliphatic carbocycles. The minimum absolute atomic E-state index is 0.0622. The van der Waals surface area contributed by atoms with Crippen LogP contribution in [0.25, 0.3) is 27.5 Å². The number of para-hydroxylation sites is 2. The molecule has 0 saturated carbocycles. The van der Waals surface area contributed by atoms with Crippen LogP contribution < -0.4 is 5.32 Å². The standard InChI is InChI=1S/C33H33BrN2/c1-31(2)25-19-27(34)28(20-26(25)32(3,4)33(31,5)6)35-21-16-17-24-23-14-10-11-15-29(23)36(30(24)18-21)22-12-8-7-9-13-22/h7-20,35H,1-6H3. The van der Waals surface area contributed by atoms with Crippen molar-refractivity contribution in [3.8, 4) is 5.69 Å². The zero-order chi connectivity index (χ0) is 25.5. The molecule has 0 spiro atoms. The number of aromatic nitrogens is 1. The summed E-state index contributed by atoms with van der Waals surface area (Å²) in [4.78, 5) is 0. The second-order valence-corrected chi connectivity index (χ2v) is 12.7. The van der Waals surface area contributed by atoms with E-state index in [1.54, 1.807) is 0 Å². The van der Waals surface area contributed by atoms with Crippen LogP contribution in [0.4, 0.5) is 11.4 Å². The molecule has 0 aliphatic heterocycles. The summed E-state index contributed by atoms with van der Waals surface area (Å²) < 4.78 is 3.47. The van der Waals surface area contributed by atoms with Crippen molar-refractivity contribution in [3.05, 3.63) is 101 Å². The van der Waals surface area contributed by atoms with E-state index in [1.807, 2.05) is 0 Å². The number of nitrogens with one attached hydrogen (secondary N) is 1. The van der Waals surface area contributed by atoms with E-state index in [0.29, 0.717) is 0 Å². The summed E-state index contributed by atoms with van der Waals surface area (Å²) in [5.74, 6) is 0. The van der Waals surface area contributed by atoms with Crippen LogP contribution in [0.15, 0.2) is 89.4 Å². The summed E-state index contributed by atoms with van der Waals surface area (Å²) >= 11 is 3.90. The van der Waals surface area contributed by atoms with Gasteiger partial charge in [0.25, 0.3) is 0 Å². The van der Waals surface area contributed by atoms with E-state index in [1.165, 1.54) is 38.6 Å². The Labute approximate surface area is 222 Å². The summed E-state index contributed by atoms with van der Waals surface area (Å²) in [7, 11) is 0. The van der Waals surface area contributed by atoms with Gasteiger partial charge in [-0.3, -0.25) is 0 Å². The third-order valence-corrected chi connectivity index (χ3v) is 10.2. The van der Waals surface area contributed by atoms with Gasteiger partial charge in [-0.1, -0.05) is 84.0 Å². The quantitative estimate of drug-likeness (QED) is 0.242. The molecule has 1 N–H and O–H groups in total. The summed E-state index contributed by atoms with van der Waals surface area (Å²) in [6.45, 7) is 14.4. The van der Waals surface area contributed by atoms with Gasteiger partial charge >= 0.3 is 0 Å². The van der Waals surface area contributed by atoms with E-state index in [2.05, 4.69) is 152 Å². The molecule has 1 aromatic heterocycles. The molecule has 0 fully saturated rings. The highest BCUT2D eigenvalue weighted by atomic mass is 79.9. The first-order chi connectivity index (χ1) is 17.0. The molecule has 0 amide bonds. The Balaban J connectivity index is 1.50. The Morgan fingerprint density at radius 2 is 1.25 bits per heavy atom. The summed E-state index contributed by atoms with van der Waals surface area (Å²) in [5.41, 5.74) is 8.94. The Hall–Kier alpha value is -3.04. The van der Waals surface area contributed by atoms with Gasteiger partial charge in [0.1, 0.15) is 0 Å². The number of hydrogen-bond donors (Lipinski definition) is 1. The van der Waals surface area contributed by atoms with Crippen LogP contribution in [-0.2, 0) is 10.8 Å². The van der Waals surface area contributed by atoms with Gasteiger partial charge < -0.3 is 9.88 Å². The fraction of sp³-hybridized carbons (Fsp3) is 0.273. The molecule has 0 bridgehead atoms. The van der Waals surface area contributed by atoms with E-state index in [9.17, 15) is 0 Å². The fourth-order valence-corrected chi connectivity index (χ4v) is 6.66. The second kappa shape index (κ2) is 7.73. The molecular weight excluding hydrogens is 504 g/mol. The van der Waals surface area contributed by atoms with Crippen LogP contribution in [-0.4, -0.2) is 4.57 Å². The predicted octanol–water partition coefficient (Wildman–Crippen LogP) is 9.88. The second-order valence-electron chi connectivity index (χ2n) is 11.8. The molecular formula is C33H33BrN2. The average Bonchev–Trinajstić information content (AvgIpc) is 3.22. The first-order valence-corrected chi connectivity index (χ1v) is 13.5. The van der Waals surface area contributed by atoms with Crippen LogP contribution >= 0.6 is 15.9 Å². The largest absolute Gasteiger partial charge is 0.355 e. The van der Waals surface area contributed by atoms with E-state index in [-0.39, 0.29) is 16.2 Å². The molecule has 0 radical (unpaired) electrons. The molecule has 1 heterocycles. The van der Waals surface area contributed by atoms with Gasteiger partial charge in [-0.15, -0.1) is 0 Å². The molecule has 182 valence electrons. The Kier molecular flexibility index (Phi) is 5.02. The van der Waals surface area contributed by atoms with Crippen LogP contribution in [0.5, 0.6) is 0 Å². The molecule has 4 aromatic carbocycles. The maximum Gasteiger partial charge on any atom is 0.0561 e. The lowest BCUT2D eigenvalue weighted by Gasteiger charge is -2.44. The monoisotopic (exact) mass is 536 g/mol. The molecule has 5 aromatic rings. The molecule has 3 heteroatoms. The van der Waals surface area contributed by atoms with E-state index < -0.39 is 0 Å². The molecule has 6 rings (SSSR count). The van der Waals surface area contributed by atoms with Gasteiger partial charge in [0.2, 0.25) is 0 Å². The van der Waals surface area contributed by atoms with Crippen molar-refractivity contribution in [2.24, 2.45) is 5.41 Å². The molecule has 0 saturated heterocycles. The topological polar surface area (TPSA) is 17.0 Å². The molecule has 36 heavy (non-hydrogen) atoms. The van der Waals surface area contributed by atoms with Gasteiger partial charge in [-0.2, -0.15) is 0 Å². The highest BCUT2D eigenvalue weighted by Crippen LogP contribution is 2.62. The van der Waals surface area contributed by atoms with Crippen LogP contribution in [0.3, 0.4) is 0 Å². The number of rotatable bonds is 3. The number of benzene rings is 4. The SMILES string of the molecule is CC1(C)c2cc(Br)c(Nc3ccc4c5ccccc5n(-c5ccccc5)c4c3)cc2C(C)(C)C1(C)C. The predicted molar refractivity (Wildman–Crippen MR) is 158 cm³/mol. The van der Waals surface area contributed by atoms with Gasteiger partial charge in [0, 0.05) is 26.6 Å². The van der Waals surface area contributed by atoms with Crippen molar-refractivity contribution in [1.82, 2.24) is 4.57 Å². The number of nitrogens with zero attached hydrogens (tertiary/aromatic N) is 1. The maximum atomic E-state index is 3.90. The van der Waals surface area contributed by atoms with E-state index >= 15 is 0 Å². The highest BCUT2D eigenvalue weighted by molar-refractivity contribution is 9.10. The number of anilines is 2. The Morgan fingerprint density at radius 3 is 1.97 bits per heavy atom. The van der Waals surface area contributed by atoms with Crippen LogP contribution in [0, 0.1) is 5.41 Å². The number of hydrogen-bond acceptors (Lipinski definition) is 1. The smallest absolute Gasteiger partial charge is 0.0561 e. The minimum Gasteiger partial charge on any atom is -0.355 e. The minimum atomic E-state index is 0.0622. The van der Waals surface area contributed by atoms with Gasteiger partial charge in [-0.25, -0.2) is 0 Å². The van der Waals surface area contributed by atoms with Crippen molar-refractivity contribution in [3.63, 3.8) is 0 Å². The van der Waals surface area contributed by atoms with Crippen LogP contribution in [0.2, 0.25) is 0 Å². The summed E-state index contributed by atoms with van der Waals surface area (Å²) in [6.07, 6.45) is 0. The fourth-order valence-electron chi connectivity index (χ4n) is 6.22. The Morgan fingerprint density at radius 1 is 0.639 bits per heavy atom. The van der Waals surface area contributed by atoms with Crippen LogP contribution in [0.1, 0.15) is 52.7 Å². The number of halogens is 1. The maximum absolute atomic E-state index is 3.90. The zero-order valence-electron chi connectivity index (χ0n) is 21.9. The van der Waals surface area contributed by atoms with Crippen molar-refractivity contribution < 1.29 is 0 Å². The summed E-state index contributed by atoms with van der Waals surface area (Å²) in [5, 5.41) is 6.28. The third-order valence-electron chi connectivity index (χ3n) is 9.55. The first kappa shape index (κ1) is 23.4. The lowest BCUT2D eigenvalue weighted by Crippen LogP contribution is -2.42. The average molecular weight is 538 g/mol. The normalized spacial score (nSPS) is 17.4. The molecule has 1 aliphatic rings. The van der Waals surface area contributed by atoms with Crippen molar-refractivity contribution in [2.75, 3.05) is 5.32 Å². The third kappa shape index (κ3) is 3.08. The van der Waals surface area contributed by atoms with Gasteiger partial charge in [0.15, 0.2) is 0 Å². The first-order valence-electron chi connectivity index (χ1n) is 12.7. The lowest BCUT2D eigenvalue weighted by atomic mass is 9.59. The van der Waals surface area contributed by atoms with Crippen molar-refractivity contribution in [2.45, 2.75) is 52.4 Å². The highest BCUT2D eigenvalue weighted by Gasteiger charge is 2.56. The molecule has 0 atom stereocenters. The molecule has 0 unspecified atom stereocenters. The molecule has 2 nitrogen and oxygen atoms in total. The lowest BCUT2D eigenvalue weighted by molar-refractivity contribution is 0.125. The van der Waals surface area contributed by atoms with Gasteiger partial charge in [-0.05, 0) is 85.8 Å². The zero-order valence-corrected chi connectivity index (χ0v) is 23.5. The van der Waals surface area contributed by atoms with E-state index in [0.717, 1.165) is 15.8 Å². The number of fused-ring (bicyclic) bond motifs is 4. The van der Waals surface area contributed by atoms with Gasteiger partial charge in [0.05, 0.1) is 16.7 Å². The van der Waals surface area contributed by atoms with Crippen molar-refractivity contribution >= 4 is 49.1 Å². The Bertz CT molecular complexity index is 1640. The van der Waals surface area contributed by atoms with Crippen molar-refractivity contribution in [1.29, 1.82) is 0 Å². The van der Waals surface area contributed by atoms with E-state index in [4.69, 9.17) is 0 Å². The summed E-state index contributed by atoms with van der Waals surface area (Å²) in [6, 6.07) is 30.7.